The molecule has 0 rings (SSSR count). The standard InChI is InChI=1S/C6H14N4O2.C6H13NO2/c7-4(5(11)12)2-1-3-10-6(8)9;1-3-4(2)5(7)6(8)9/h4H,1-3,7H2,(H,11,12)(H4,8,9,10);4-5H,3,7H2,1-2H3,(H,8,9)/t4-;4?,5-/m00/s1. The molecular formula is C12H27N5O4. The second-order valence-corrected chi connectivity index (χ2v) is 4.68. The Bertz CT molecular complexity index is 338. The van der Waals surface area contributed by atoms with Crippen LogP contribution in [0.3, 0.4) is 0 Å². The molecule has 0 aliphatic carbocycles. The van der Waals surface area contributed by atoms with E-state index in [1.165, 1.54) is 0 Å². The Balaban J connectivity index is 0. The molecule has 0 heterocycles. The first-order chi connectivity index (χ1) is 9.63. The lowest BCUT2D eigenvalue weighted by Crippen LogP contribution is -2.36. The molecule has 0 spiro atoms. The average Bonchev–Trinajstić information content (AvgIpc) is 2.41. The molecule has 0 aromatic rings. The molecule has 9 nitrogen and oxygen atoms in total. The van der Waals surface area contributed by atoms with Gasteiger partial charge in [0.1, 0.15) is 12.1 Å². The average molecular weight is 305 g/mol. The summed E-state index contributed by atoms with van der Waals surface area (Å²) in [5, 5.41) is 26.1. The molecule has 0 fully saturated rings. The summed E-state index contributed by atoms with van der Waals surface area (Å²) in [6, 6.07) is -1.52. The first-order valence-corrected chi connectivity index (χ1v) is 6.68. The summed E-state index contributed by atoms with van der Waals surface area (Å²) in [5.74, 6) is -1.96. The van der Waals surface area contributed by atoms with Gasteiger partial charge in [0.25, 0.3) is 0 Å². The van der Waals surface area contributed by atoms with Gasteiger partial charge in [0.2, 0.25) is 0 Å². The van der Waals surface area contributed by atoms with E-state index in [2.05, 4.69) is 5.32 Å². The van der Waals surface area contributed by atoms with Gasteiger partial charge in [0.05, 0.1) is 0 Å². The van der Waals surface area contributed by atoms with Crippen LogP contribution in [0.2, 0.25) is 0 Å². The van der Waals surface area contributed by atoms with E-state index in [4.69, 9.17) is 32.8 Å². The van der Waals surface area contributed by atoms with Crippen molar-refractivity contribution in [3.8, 4) is 0 Å². The highest BCUT2D eigenvalue weighted by Gasteiger charge is 2.17. The van der Waals surface area contributed by atoms with Crippen molar-refractivity contribution in [2.75, 3.05) is 6.54 Å². The van der Waals surface area contributed by atoms with Crippen LogP contribution in [0, 0.1) is 11.3 Å². The highest BCUT2D eigenvalue weighted by molar-refractivity contribution is 5.74. The number of guanidine groups is 1. The SMILES string of the molecule is CCC(C)[C@H](N)C(=O)O.N=C(N)NCCC[C@H](N)C(=O)O. The van der Waals surface area contributed by atoms with Gasteiger partial charge in [0.15, 0.2) is 5.96 Å². The van der Waals surface area contributed by atoms with Crippen LogP contribution in [0.1, 0.15) is 33.1 Å². The normalized spacial score (nSPS) is 14.1. The lowest BCUT2D eigenvalue weighted by Gasteiger charge is -2.11. The number of aliphatic carboxylic acids is 2. The number of nitrogens with two attached hydrogens (primary N) is 3. The highest BCUT2D eigenvalue weighted by atomic mass is 16.4. The second-order valence-electron chi connectivity index (χ2n) is 4.68. The van der Waals surface area contributed by atoms with E-state index < -0.39 is 24.0 Å². The fourth-order valence-corrected chi connectivity index (χ4v) is 1.17. The van der Waals surface area contributed by atoms with Crippen molar-refractivity contribution in [2.45, 2.75) is 45.2 Å². The monoisotopic (exact) mass is 305 g/mol. The number of carbonyl (C=O) groups is 2. The van der Waals surface area contributed by atoms with Gasteiger partial charge in [-0.3, -0.25) is 15.0 Å². The minimum atomic E-state index is -1.00. The zero-order chi connectivity index (χ0) is 17.0. The van der Waals surface area contributed by atoms with Crippen molar-refractivity contribution in [3.05, 3.63) is 0 Å². The van der Waals surface area contributed by atoms with Crippen LogP contribution in [0.4, 0.5) is 0 Å². The molecule has 1 unspecified atom stereocenters. The number of nitrogens with one attached hydrogen (secondary N) is 2. The van der Waals surface area contributed by atoms with Gasteiger partial charge in [-0.05, 0) is 18.8 Å². The van der Waals surface area contributed by atoms with E-state index >= 15 is 0 Å². The van der Waals surface area contributed by atoms with Gasteiger partial charge in [0, 0.05) is 6.54 Å². The number of carboxylic acid groups (broad SMARTS) is 2. The van der Waals surface area contributed by atoms with Crippen molar-refractivity contribution < 1.29 is 19.8 Å². The molecular weight excluding hydrogens is 278 g/mol. The van der Waals surface area contributed by atoms with Crippen molar-refractivity contribution in [1.29, 1.82) is 5.41 Å². The van der Waals surface area contributed by atoms with Gasteiger partial charge in [-0.2, -0.15) is 0 Å². The molecule has 0 amide bonds. The molecule has 9 heteroatoms. The Morgan fingerprint density at radius 2 is 1.76 bits per heavy atom. The molecule has 0 aromatic carbocycles. The van der Waals surface area contributed by atoms with Crippen LogP contribution in [0.25, 0.3) is 0 Å². The highest BCUT2D eigenvalue weighted by Crippen LogP contribution is 2.04. The van der Waals surface area contributed by atoms with Gasteiger partial charge in [-0.15, -0.1) is 0 Å². The molecule has 0 radical (unpaired) electrons. The predicted molar refractivity (Wildman–Crippen MR) is 79.8 cm³/mol. The molecule has 0 aliphatic rings. The third-order valence-electron chi connectivity index (χ3n) is 2.87. The van der Waals surface area contributed by atoms with E-state index in [0.717, 1.165) is 6.42 Å². The molecule has 0 aromatic heterocycles. The summed E-state index contributed by atoms with van der Waals surface area (Å²) >= 11 is 0. The van der Waals surface area contributed by atoms with Crippen LogP contribution >= 0.6 is 0 Å². The van der Waals surface area contributed by atoms with Gasteiger partial charge in [-0.25, -0.2) is 0 Å². The summed E-state index contributed by atoms with van der Waals surface area (Å²) in [5.41, 5.74) is 15.5. The third-order valence-corrected chi connectivity index (χ3v) is 2.87. The fraction of sp³-hybridized carbons (Fsp3) is 0.750. The Labute approximate surface area is 124 Å². The third kappa shape index (κ3) is 12.9. The van der Waals surface area contributed by atoms with E-state index in [-0.39, 0.29) is 11.9 Å². The number of hydrogen-bond donors (Lipinski definition) is 7. The molecule has 0 saturated carbocycles. The number of rotatable bonds is 8. The minimum absolute atomic E-state index is 0.0718. The summed E-state index contributed by atoms with van der Waals surface area (Å²) in [7, 11) is 0. The molecule has 3 atom stereocenters. The first kappa shape index (κ1) is 21.4. The van der Waals surface area contributed by atoms with Crippen LogP contribution in [-0.2, 0) is 9.59 Å². The zero-order valence-corrected chi connectivity index (χ0v) is 12.5. The van der Waals surface area contributed by atoms with Crippen molar-refractivity contribution in [3.63, 3.8) is 0 Å². The van der Waals surface area contributed by atoms with Crippen molar-refractivity contribution in [1.82, 2.24) is 5.32 Å². The zero-order valence-electron chi connectivity index (χ0n) is 12.5. The summed E-state index contributed by atoms with van der Waals surface area (Å²) in [6.45, 7) is 4.24. The van der Waals surface area contributed by atoms with E-state index in [0.29, 0.717) is 19.4 Å². The molecule has 10 N–H and O–H groups in total. The maximum absolute atomic E-state index is 10.2. The second kappa shape index (κ2) is 11.9. The number of carboxylic acids is 2. The Hall–Kier alpha value is -1.87. The summed E-state index contributed by atoms with van der Waals surface area (Å²) in [6.07, 6.45) is 1.79. The van der Waals surface area contributed by atoms with Crippen LogP contribution in [0.5, 0.6) is 0 Å². The topological polar surface area (TPSA) is 189 Å². The van der Waals surface area contributed by atoms with Crippen molar-refractivity contribution in [2.24, 2.45) is 23.1 Å². The largest absolute Gasteiger partial charge is 0.480 e. The van der Waals surface area contributed by atoms with Crippen LogP contribution in [-0.4, -0.2) is 46.7 Å². The van der Waals surface area contributed by atoms with Crippen LogP contribution in [0.15, 0.2) is 0 Å². The summed E-state index contributed by atoms with van der Waals surface area (Å²) in [4.78, 5) is 20.4. The van der Waals surface area contributed by atoms with Gasteiger partial charge in [-0.1, -0.05) is 20.3 Å². The molecule has 0 saturated heterocycles. The minimum Gasteiger partial charge on any atom is -0.480 e. The lowest BCUT2D eigenvalue weighted by molar-refractivity contribution is -0.140. The quantitative estimate of drug-likeness (QED) is 0.170. The Kier molecular flexibility index (Phi) is 12.2. The lowest BCUT2D eigenvalue weighted by atomic mass is 10.0. The fourth-order valence-electron chi connectivity index (χ4n) is 1.17. The molecule has 0 aliphatic heterocycles. The smallest absolute Gasteiger partial charge is 0.320 e. The summed E-state index contributed by atoms with van der Waals surface area (Å²) < 4.78 is 0. The molecule has 21 heavy (non-hydrogen) atoms. The first-order valence-electron chi connectivity index (χ1n) is 6.68. The van der Waals surface area contributed by atoms with E-state index in [1.54, 1.807) is 0 Å². The van der Waals surface area contributed by atoms with Crippen LogP contribution < -0.4 is 22.5 Å². The maximum atomic E-state index is 10.2. The van der Waals surface area contributed by atoms with E-state index in [9.17, 15) is 9.59 Å². The van der Waals surface area contributed by atoms with E-state index in [1.807, 2.05) is 13.8 Å². The molecule has 0 bridgehead atoms. The van der Waals surface area contributed by atoms with Crippen molar-refractivity contribution >= 4 is 17.9 Å². The molecule has 124 valence electrons. The number of hydrogen-bond acceptors (Lipinski definition) is 5. The van der Waals surface area contributed by atoms with Gasteiger partial charge < -0.3 is 32.7 Å². The Morgan fingerprint density at radius 3 is 2.05 bits per heavy atom. The maximum Gasteiger partial charge on any atom is 0.320 e. The Morgan fingerprint density at radius 1 is 1.24 bits per heavy atom. The predicted octanol–water partition coefficient (Wildman–Crippen LogP) is -0.894. The van der Waals surface area contributed by atoms with Gasteiger partial charge >= 0.3 is 11.9 Å².